The molecule has 4 nitrogen and oxygen atoms in total. The van der Waals surface area contributed by atoms with E-state index < -0.39 is 0 Å². The second-order valence-electron chi connectivity index (χ2n) is 5.12. The maximum Gasteiger partial charge on any atom is 0.262 e. The molecular formula is C18H20FNO3. The van der Waals surface area contributed by atoms with Crippen LogP contribution in [0.4, 0.5) is 10.1 Å². The lowest BCUT2D eigenvalue weighted by molar-refractivity contribution is -0.118. The highest BCUT2D eigenvalue weighted by Crippen LogP contribution is 2.18. The predicted octanol–water partition coefficient (Wildman–Crippen LogP) is 3.94. The number of nitrogens with one attached hydrogen (secondary N) is 1. The van der Waals surface area contributed by atoms with Crippen LogP contribution in [0, 0.1) is 12.7 Å². The number of halogens is 1. The highest BCUT2D eigenvalue weighted by Gasteiger charge is 2.06. The molecule has 0 bridgehead atoms. The molecule has 0 saturated carbocycles. The van der Waals surface area contributed by atoms with Crippen LogP contribution in [-0.2, 0) is 4.79 Å². The number of hydrogen-bond acceptors (Lipinski definition) is 3. The van der Waals surface area contributed by atoms with Crippen molar-refractivity contribution >= 4 is 11.6 Å². The van der Waals surface area contributed by atoms with Gasteiger partial charge in [-0.1, -0.05) is 13.0 Å². The molecular weight excluding hydrogens is 297 g/mol. The molecule has 0 heterocycles. The minimum atomic E-state index is -0.355. The molecule has 2 aromatic carbocycles. The van der Waals surface area contributed by atoms with Crippen molar-refractivity contribution in [3.63, 3.8) is 0 Å². The van der Waals surface area contributed by atoms with Gasteiger partial charge in [-0.05, 0) is 55.3 Å². The molecule has 0 aromatic heterocycles. The van der Waals surface area contributed by atoms with Crippen molar-refractivity contribution in [1.82, 2.24) is 0 Å². The van der Waals surface area contributed by atoms with Crippen molar-refractivity contribution in [2.45, 2.75) is 20.3 Å². The smallest absolute Gasteiger partial charge is 0.262 e. The molecule has 0 aliphatic rings. The number of rotatable bonds is 7. The summed E-state index contributed by atoms with van der Waals surface area (Å²) in [5, 5.41) is 2.59. The zero-order valence-electron chi connectivity index (χ0n) is 13.3. The third-order valence-electron chi connectivity index (χ3n) is 3.12. The van der Waals surface area contributed by atoms with Gasteiger partial charge >= 0.3 is 0 Å². The normalized spacial score (nSPS) is 10.2. The van der Waals surface area contributed by atoms with Crippen LogP contribution in [0.2, 0.25) is 0 Å². The summed E-state index contributed by atoms with van der Waals surface area (Å²) >= 11 is 0. The number of aryl methyl sites for hydroxylation is 1. The van der Waals surface area contributed by atoms with E-state index in [1.807, 2.05) is 6.92 Å². The van der Waals surface area contributed by atoms with Crippen molar-refractivity contribution in [2.75, 3.05) is 18.5 Å². The molecule has 0 saturated heterocycles. The van der Waals surface area contributed by atoms with Crippen LogP contribution >= 0.6 is 0 Å². The van der Waals surface area contributed by atoms with Crippen LogP contribution < -0.4 is 14.8 Å². The number of anilines is 1. The molecule has 0 spiro atoms. The maximum absolute atomic E-state index is 13.4. The number of ether oxygens (including phenoxy) is 2. The van der Waals surface area contributed by atoms with E-state index in [-0.39, 0.29) is 18.3 Å². The molecule has 0 aliphatic carbocycles. The summed E-state index contributed by atoms with van der Waals surface area (Å²) in [7, 11) is 0. The van der Waals surface area contributed by atoms with Gasteiger partial charge in [0.15, 0.2) is 6.61 Å². The summed E-state index contributed by atoms with van der Waals surface area (Å²) in [6, 6.07) is 11.6. The zero-order chi connectivity index (χ0) is 16.7. The molecule has 0 atom stereocenters. The number of carbonyl (C=O) groups is 1. The van der Waals surface area contributed by atoms with Gasteiger partial charge in [-0.2, -0.15) is 0 Å². The standard InChI is InChI=1S/C18H20FNO3/c1-3-10-22-15-6-8-16(9-7-15)23-12-18(21)20-14-5-4-13(2)17(19)11-14/h4-9,11H,3,10,12H2,1-2H3,(H,20,21). The summed E-state index contributed by atoms with van der Waals surface area (Å²) in [6.07, 6.45) is 0.942. The largest absolute Gasteiger partial charge is 0.494 e. The zero-order valence-corrected chi connectivity index (χ0v) is 13.3. The first kappa shape index (κ1) is 16.8. The van der Waals surface area contributed by atoms with E-state index >= 15 is 0 Å². The second-order valence-corrected chi connectivity index (χ2v) is 5.12. The third kappa shape index (κ3) is 5.29. The quantitative estimate of drug-likeness (QED) is 0.841. The molecule has 0 aliphatic heterocycles. The molecule has 1 N–H and O–H groups in total. The summed E-state index contributed by atoms with van der Waals surface area (Å²) in [4.78, 5) is 11.8. The van der Waals surface area contributed by atoms with E-state index in [2.05, 4.69) is 5.32 Å². The number of carbonyl (C=O) groups excluding carboxylic acids is 1. The first-order valence-electron chi connectivity index (χ1n) is 7.50. The molecule has 1 amide bonds. The van der Waals surface area contributed by atoms with Gasteiger partial charge < -0.3 is 14.8 Å². The van der Waals surface area contributed by atoms with Gasteiger partial charge in [0, 0.05) is 5.69 Å². The summed E-state index contributed by atoms with van der Waals surface area (Å²) in [5.41, 5.74) is 0.939. The lowest BCUT2D eigenvalue weighted by Gasteiger charge is -2.09. The van der Waals surface area contributed by atoms with Gasteiger partial charge in [0.1, 0.15) is 17.3 Å². The lowest BCUT2D eigenvalue weighted by atomic mass is 10.2. The average molecular weight is 317 g/mol. The van der Waals surface area contributed by atoms with Crippen LogP contribution in [0.15, 0.2) is 42.5 Å². The summed E-state index contributed by atoms with van der Waals surface area (Å²) < 4.78 is 24.3. The van der Waals surface area contributed by atoms with Crippen LogP contribution in [0.3, 0.4) is 0 Å². The Morgan fingerprint density at radius 2 is 1.74 bits per heavy atom. The van der Waals surface area contributed by atoms with E-state index in [9.17, 15) is 9.18 Å². The van der Waals surface area contributed by atoms with Gasteiger partial charge in [0.25, 0.3) is 5.91 Å². The Morgan fingerprint density at radius 3 is 2.35 bits per heavy atom. The van der Waals surface area contributed by atoms with Crippen molar-refractivity contribution < 1.29 is 18.7 Å². The van der Waals surface area contributed by atoms with Gasteiger partial charge in [0.05, 0.1) is 6.61 Å². The Labute approximate surface area is 135 Å². The summed E-state index contributed by atoms with van der Waals surface area (Å²) in [5.74, 6) is 0.629. The highest BCUT2D eigenvalue weighted by atomic mass is 19.1. The minimum Gasteiger partial charge on any atom is -0.494 e. The van der Waals surface area contributed by atoms with Gasteiger partial charge in [-0.15, -0.1) is 0 Å². The van der Waals surface area contributed by atoms with Gasteiger partial charge in [-0.25, -0.2) is 4.39 Å². The van der Waals surface area contributed by atoms with E-state index in [4.69, 9.17) is 9.47 Å². The molecule has 0 unspecified atom stereocenters. The monoisotopic (exact) mass is 317 g/mol. The molecule has 5 heteroatoms. The fraction of sp³-hybridized carbons (Fsp3) is 0.278. The SMILES string of the molecule is CCCOc1ccc(OCC(=O)Nc2ccc(C)c(F)c2)cc1. The van der Waals surface area contributed by atoms with Crippen molar-refractivity contribution in [3.8, 4) is 11.5 Å². The fourth-order valence-electron chi connectivity index (χ4n) is 1.87. The number of hydrogen-bond donors (Lipinski definition) is 1. The first-order chi connectivity index (χ1) is 11.1. The minimum absolute atomic E-state index is 0.148. The third-order valence-corrected chi connectivity index (χ3v) is 3.12. The topological polar surface area (TPSA) is 47.6 Å². The van der Waals surface area contributed by atoms with Gasteiger partial charge in [-0.3, -0.25) is 4.79 Å². The highest BCUT2D eigenvalue weighted by molar-refractivity contribution is 5.91. The van der Waals surface area contributed by atoms with Crippen molar-refractivity contribution in [3.05, 3.63) is 53.8 Å². The van der Waals surface area contributed by atoms with E-state index in [0.29, 0.717) is 23.6 Å². The van der Waals surface area contributed by atoms with Crippen LogP contribution in [-0.4, -0.2) is 19.1 Å². The van der Waals surface area contributed by atoms with E-state index in [0.717, 1.165) is 12.2 Å². The van der Waals surface area contributed by atoms with Crippen LogP contribution in [0.5, 0.6) is 11.5 Å². The first-order valence-corrected chi connectivity index (χ1v) is 7.50. The van der Waals surface area contributed by atoms with E-state index in [1.54, 1.807) is 43.3 Å². The van der Waals surface area contributed by atoms with Crippen molar-refractivity contribution in [2.24, 2.45) is 0 Å². The average Bonchev–Trinajstić information content (AvgIpc) is 2.55. The second kappa shape index (κ2) is 8.17. The number of amides is 1. The molecule has 23 heavy (non-hydrogen) atoms. The molecule has 2 aromatic rings. The molecule has 2 rings (SSSR count). The lowest BCUT2D eigenvalue weighted by Crippen LogP contribution is -2.20. The Kier molecular flexibility index (Phi) is 5.97. The fourth-order valence-corrected chi connectivity index (χ4v) is 1.87. The molecule has 0 radical (unpaired) electrons. The van der Waals surface area contributed by atoms with Crippen LogP contribution in [0.25, 0.3) is 0 Å². The molecule has 0 fully saturated rings. The van der Waals surface area contributed by atoms with Crippen LogP contribution in [0.1, 0.15) is 18.9 Å². The predicted molar refractivity (Wildman–Crippen MR) is 87.5 cm³/mol. The number of benzene rings is 2. The molecule has 122 valence electrons. The van der Waals surface area contributed by atoms with Crippen molar-refractivity contribution in [1.29, 1.82) is 0 Å². The van der Waals surface area contributed by atoms with E-state index in [1.165, 1.54) is 6.07 Å². The Morgan fingerprint density at radius 1 is 1.09 bits per heavy atom. The van der Waals surface area contributed by atoms with Gasteiger partial charge in [0.2, 0.25) is 0 Å². The Balaban J connectivity index is 1.82. The maximum atomic E-state index is 13.4. The Bertz CT molecular complexity index is 656. The Hall–Kier alpha value is -2.56. The summed E-state index contributed by atoms with van der Waals surface area (Å²) in [6.45, 7) is 4.22.